The van der Waals surface area contributed by atoms with E-state index in [1.807, 2.05) is 26.0 Å². The highest BCUT2D eigenvalue weighted by Crippen LogP contribution is 2.48. The minimum atomic E-state index is -4.87. The summed E-state index contributed by atoms with van der Waals surface area (Å²) in [6, 6.07) is 6.05. The molecule has 0 N–H and O–H groups in total. The molecule has 0 aliphatic carbocycles. The molecule has 3 aliphatic heterocycles. The molecule has 1 aromatic rings. The molecule has 1 unspecified atom stereocenters. The van der Waals surface area contributed by atoms with E-state index in [0.29, 0.717) is 24.4 Å². The Hall–Kier alpha value is -2.75. The highest BCUT2D eigenvalue weighted by molar-refractivity contribution is 8.16. The number of carbonyl (C=O) groups is 2. The maximum Gasteiger partial charge on any atom is 0.434 e. The molecule has 0 spiro atoms. The summed E-state index contributed by atoms with van der Waals surface area (Å²) in [7, 11) is 0. The van der Waals surface area contributed by atoms with Gasteiger partial charge >= 0.3 is 12.1 Å². The molecule has 194 valence electrons. The van der Waals surface area contributed by atoms with E-state index in [1.54, 1.807) is 41.2 Å². The Morgan fingerprint density at radius 2 is 1.75 bits per heavy atom. The molecule has 0 saturated carbocycles. The van der Waals surface area contributed by atoms with Crippen LogP contribution in [-0.4, -0.2) is 52.2 Å². The topological polar surface area (TPSA) is 62.2 Å². The number of fused-ring (bicyclic) bond motifs is 1. The third-order valence-corrected chi connectivity index (χ3v) is 7.24. The first-order chi connectivity index (χ1) is 17.0. The number of nitrogens with zero attached hydrogens (tertiary/aromatic N) is 3. The van der Waals surface area contributed by atoms with Crippen LogP contribution < -0.4 is 0 Å². The van der Waals surface area contributed by atoms with Crippen LogP contribution in [0.15, 0.2) is 51.6 Å². The molecule has 3 heterocycles. The van der Waals surface area contributed by atoms with Gasteiger partial charge in [0.05, 0.1) is 24.1 Å². The largest absolute Gasteiger partial charge is 0.459 e. The van der Waals surface area contributed by atoms with Crippen molar-refractivity contribution < 1.29 is 27.5 Å². The number of hydrogen-bond acceptors (Lipinski definition) is 6. The van der Waals surface area contributed by atoms with Gasteiger partial charge in [-0.1, -0.05) is 49.9 Å². The number of ether oxygens (including phenoxy) is 1. The number of carbonyl (C=O) groups excluding carboxylic acids is 2. The van der Waals surface area contributed by atoms with Gasteiger partial charge in [-0.15, -0.1) is 0 Å². The quantitative estimate of drug-likeness (QED) is 0.437. The van der Waals surface area contributed by atoms with Gasteiger partial charge in [0.1, 0.15) is 0 Å². The van der Waals surface area contributed by atoms with Gasteiger partial charge in [-0.05, 0) is 49.1 Å². The van der Waals surface area contributed by atoms with Gasteiger partial charge < -0.3 is 14.5 Å². The summed E-state index contributed by atoms with van der Waals surface area (Å²) < 4.78 is 48.0. The minimum Gasteiger partial charge on any atom is -0.459 e. The van der Waals surface area contributed by atoms with Crippen molar-refractivity contribution in [3.63, 3.8) is 0 Å². The first-order valence-electron chi connectivity index (χ1n) is 12.1. The van der Waals surface area contributed by atoms with E-state index < -0.39 is 35.6 Å². The summed E-state index contributed by atoms with van der Waals surface area (Å²) in [5.74, 6) is -0.934. The SMILES string of the molecule is CC(C)OC(=O)C1=C(C(F)(F)F)N=C2SC=C(CC(=O)N3CCCC3)N2C1c1ccc(C(C)C)cc1. The molecule has 1 atom stereocenters. The molecule has 0 aromatic heterocycles. The van der Waals surface area contributed by atoms with Gasteiger partial charge in [0.15, 0.2) is 10.9 Å². The van der Waals surface area contributed by atoms with E-state index in [1.165, 1.54) is 0 Å². The monoisotopic (exact) mass is 521 g/mol. The van der Waals surface area contributed by atoms with E-state index in [-0.39, 0.29) is 23.4 Å². The van der Waals surface area contributed by atoms with Crippen LogP contribution in [-0.2, 0) is 14.3 Å². The molecule has 1 aromatic carbocycles. The molecule has 0 radical (unpaired) electrons. The predicted octanol–water partition coefficient (Wildman–Crippen LogP) is 5.89. The van der Waals surface area contributed by atoms with Gasteiger partial charge in [-0.25, -0.2) is 9.79 Å². The maximum atomic E-state index is 14.2. The summed E-state index contributed by atoms with van der Waals surface area (Å²) in [5, 5.41) is 1.75. The summed E-state index contributed by atoms with van der Waals surface area (Å²) in [4.78, 5) is 33.4. The second kappa shape index (κ2) is 10.3. The Labute approximate surface area is 213 Å². The van der Waals surface area contributed by atoms with Crippen LogP contribution >= 0.6 is 11.8 Å². The van der Waals surface area contributed by atoms with E-state index in [2.05, 4.69) is 4.99 Å². The van der Waals surface area contributed by atoms with Gasteiger partial charge in [-0.3, -0.25) is 4.79 Å². The molecular formula is C26H30F3N3O3S. The normalized spacial score (nSPS) is 20.2. The van der Waals surface area contributed by atoms with Crippen molar-refractivity contribution in [3.05, 3.63) is 57.8 Å². The third-order valence-electron chi connectivity index (χ3n) is 6.35. The molecule has 36 heavy (non-hydrogen) atoms. The number of hydrogen-bond donors (Lipinski definition) is 0. The van der Waals surface area contributed by atoms with E-state index in [4.69, 9.17) is 4.74 Å². The highest BCUT2D eigenvalue weighted by Gasteiger charge is 2.49. The summed E-state index contributed by atoms with van der Waals surface area (Å²) in [6.07, 6.45) is -3.60. The number of amidine groups is 1. The standard InChI is InChI=1S/C26H30F3N3O3S/c1-15(2)17-7-9-18(10-8-17)22-21(24(34)35-16(3)4)23(26(27,28)29)30-25-32(22)19(14-36-25)13-20(33)31-11-5-6-12-31/h7-10,14-16,22H,5-6,11-13H2,1-4H3. The molecular weight excluding hydrogens is 491 g/mol. The van der Waals surface area contributed by atoms with Crippen LogP contribution in [0.5, 0.6) is 0 Å². The number of allylic oxidation sites excluding steroid dienone is 1. The Balaban J connectivity index is 1.82. The lowest BCUT2D eigenvalue weighted by atomic mass is 9.91. The lowest BCUT2D eigenvalue weighted by Crippen LogP contribution is -2.40. The van der Waals surface area contributed by atoms with Gasteiger partial charge in [0, 0.05) is 18.8 Å². The Morgan fingerprint density at radius 1 is 1.11 bits per heavy atom. The number of rotatable bonds is 6. The third kappa shape index (κ3) is 5.33. The summed E-state index contributed by atoms with van der Waals surface area (Å²) in [6.45, 7) is 8.56. The number of alkyl halides is 3. The van der Waals surface area contributed by atoms with Crippen molar-refractivity contribution in [3.8, 4) is 0 Å². The van der Waals surface area contributed by atoms with E-state index in [0.717, 1.165) is 30.2 Å². The molecule has 1 fully saturated rings. The van der Waals surface area contributed by atoms with Crippen molar-refractivity contribution in [2.24, 2.45) is 4.99 Å². The fraction of sp³-hybridized carbons (Fsp3) is 0.500. The average molecular weight is 522 g/mol. The molecule has 1 amide bonds. The van der Waals surface area contributed by atoms with Crippen molar-refractivity contribution in [2.45, 2.75) is 71.2 Å². The smallest absolute Gasteiger partial charge is 0.434 e. The summed E-state index contributed by atoms with van der Waals surface area (Å²) in [5.41, 5.74) is 0.200. The Morgan fingerprint density at radius 3 is 2.31 bits per heavy atom. The fourth-order valence-electron chi connectivity index (χ4n) is 4.57. The molecule has 0 bridgehead atoms. The number of aliphatic imine (C=N–C) groups is 1. The van der Waals surface area contributed by atoms with Crippen molar-refractivity contribution in [2.75, 3.05) is 13.1 Å². The molecule has 6 nitrogen and oxygen atoms in total. The van der Waals surface area contributed by atoms with Crippen molar-refractivity contribution in [1.29, 1.82) is 0 Å². The highest BCUT2D eigenvalue weighted by atomic mass is 32.2. The van der Waals surface area contributed by atoms with Crippen LogP contribution in [0.2, 0.25) is 0 Å². The fourth-order valence-corrected chi connectivity index (χ4v) is 5.49. The number of likely N-dealkylation sites (tertiary alicyclic amines) is 1. The Bertz CT molecular complexity index is 1120. The number of esters is 1. The minimum absolute atomic E-state index is 0.0143. The summed E-state index contributed by atoms with van der Waals surface area (Å²) >= 11 is 1.03. The van der Waals surface area contributed by atoms with Crippen LogP contribution in [0.1, 0.15) is 70.0 Å². The lowest BCUT2D eigenvalue weighted by molar-refractivity contribution is -0.144. The average Bonchev–Trinajstić information content (AvgIpc) is 3.47. The predicted molar refractivity (Wildman–Crippen MR) is 133 cm³/mol. The first kappa shape index (κ1) is 26.3. The van der Waals surface area contributed by atoms with Crippen molar-refractivity contribution >= 4 is 28.8 Å². The van der Waals surface area contributed by atoms with Gasteiger partial charge in [0.2, 0.25) is 5.91 Å². The number of amides is 1. The molecule has 10 heteroatoms. The van der Waals surface area contributed by atoms with Gasteiger partial charge in [0.25, 0.3) is 0 Å². The van der Waals surface area contributed by atoms with E-state index in [9.17, 15) is 22.8 Å². The zero-order chi connectivity index (χ0) is 26.2. The lowest BCUT2D eigenvalue weighted by Gasteiger charge is -2.37. The van der Waals surface area contributed by atoms with Crippen LogP contribution in [0.4, 0.5) is 13.2 Å². The van der Waals surface area contributed by atoms with Crippen LogP contribution in [0, 0.1) is 0 Å². The zero-order valence-corrected chi connectivity index (χ0v) is 21.6. The molecule has 3 aliphatic rings. The molecule has 1 saturated heterocycles. The number of benzene rings is 1. The van der Waals surface area contributed by atoms with Crippen LogP contribution in [0.25, 0.3) is 0 Å². The second-order valence-electron chi connectivity index (χ2n) is 9.69. The Kier molecular flexibility index (Phi) is 7.54. The zero-order valence-electron chi connectivity index (χ0n) is 20.8. The number of thioether (sulfide) groups is 1. The second-order valence-corrected chi connectivity index (χ2v) is 10.5. The van der Waals surface area contributed by atoms with E-state index >= 15 is 0 Å². The number of halogens is 3. The first-order valence-corrected chi connectivity index (χ1v) is 13.0. The molecule has 4 rings (SSSR count). The maximum absolute atomic E-state index is 14.2. The van der Waals surface area contributed by atoms with Gasteiger partial charge in [-0.2, -0.15) is 13.2 Å². The van der Waals surface area contributed by atoms with Crippen LogP contribution in [0.3, 0.4) is 0 Å². The van der Waals surface area contributed by atoms with Crippen molar-refractivity contribution in [1.82, 2.24) is 9.80 Å².